The van der Waals surface area contributed by atoms with Crippen molar-refractivity contribution in [1.29, 1.82) is 0 Å². The van der Waals surface area contributed by atoms with Gasteiger partial charge in [-0.25, -0.2) is 0 Å². The van der Waals surface area contributed by atoms with Crippen LogP contribution in [0, 0.1) is 0 Å². The van der Waals surface area contributed by atoms with Gasteiger partial charge in [0.15, 0.2) is 5.96 Å². The Morgan fingerprint density at radius 2 is 2.00 bits per heavy atom. The number of carbonyl (C=O) groups is 1. The zero-order valence-electron chi connectivity index (χ0n) is 18.0. The number of likely N-dealkylation sites (tertiary alicyclic amines) is 1. The van der Waals surface area contributed by atoms with Crippen LogP contribution in [0.25, 0.3) is 0 Å². The van der Waals surface area contributed by atoms with Crippen molar-refractivity contribution >= 4 is 11.9 Å². The Bertz CT molecular complexity index is 768. The number of nitrogens with zero attached hydrogens (tertiary/aromatic N) is 3. The molecule has 1 atom stereocenters. The lowest BCUT2D eigenvalue weighted by molar-refractivity contribution is -0.143. The van der Waals surface area contributed by atoms with Crippen LogP contribution in [0.5, 0.6) is 0 Å². The monoisotopic (exact) mass is 439 g/mol. The van der Waals surface area contributed by atoms with Gasteiger partial charge in [0, 0.05) is 51.7 Å². The van der Waals surface area contributed by atoms with Crippen LogP contribution >= 0.6 is 0 Å². The second-order valence-electron chi connectivity index (χ2n) is 8.18. The SMILES string of the molecule is CCNC(=NCCCC(=O)N1CCc2ccccc2C1)NC1CCN(CC(F)(F)F)C1. The smallest absolute Gasteiger partial charge is 0.357 e. The molecule has 1 saturated heterocycles. The van der Waals surface area contributed by atoms with Crippen molar-refractivity contribution in [2.45, 2.75) is 51.4 Å². The number of hydrogen-bond acceptors (Lipinski definition) is 3. The van der Waals surface area contributed by atoms with E-state index in [1.165, 1.54) is 16.0 Å². The predicted octanol–water partition coefficient (Wildman–Crippen LogP) is 2.54. The number of carbonyl (C=O) groups excluding carboxylic acids is 1. The van der Waals surface area contributed by atoms with Gasteiger partial charge in [-0.3, -0.25) is 14.7 Å². The third kappa shape index (κ3) is 7.41. The zero-order valence-corrected chi connectivity index (χ0v) is 18.0. The Morgan fingerprint density at radius 1 is 1.23 bits per heavy atom. The number of benzene rings is 1. The number of aliphatic imine (C=N–C) groups is 1. The van der Waals surface area contributed by atoms with E-state index in [2.05, 4.69) is 27.8 Å². The first kappa shape index (κ1) is 23.4. The van der Waals surface area contributed by atoms with Gasteiger partial charge < -0.3 is 15.5 Å². The van der Waals surface area contributed by atoms with Gasteiger partial charge in [0.1, 0.15) is 0 Å². The molecule has 1 aromatic rings. The number of amides is 1. The fraction of sp³-hybridized carbons (Fsp3) is 0.636. The summed E-state index contributed by atoms with van der Waals surface area (Å²) in [5.41, 5.74) is 2.54. The summed E-state index contributed by atoms with van der Waals surface area (Å²) >= 11 is 0. The number of rotatable bonds is 7. The van der Waals surface area contributed by atoms with Crippen LogP contribution in [-0.4, -0.2) is 73.2 Å². The zero-order chi connectivity index (χ0) is 22.3. The summed E-state index contributed by atoms with van der Waals surface area (Å²) < 4.78 is 37.7. The lowest BCUT2D eigenvalue weighted by Crippen LogP contribution is -2.45. The number of nitrogens with one attached hydrogen (secondary N) is 2. The molecule has 2 heterocycles. The fourth-order valence-corrected chi connectivity index (χ4v) is 4.15. The van der Waals surface area contributed by atoms with Gasteiger partial charge >= 0.3 is 6.18 Å². The number of fused-ring (bicyclic) bond motifs is 1. The van der Waals surface area contributed by atoms with Gasteiger partial charge in [-0.1, -0.05) is 24.3 Å². The van der Waals surface area contributed by atoms with Crippen LogP contribution < -0.4 is 10.6 Å². The molecule has 2 N–H and O–H groups in total. The molecule has 1 amide bonds. The van der Waals surface area contributed by atoms with Crippen molar-refractivity contribution in [3.05, 3.63) is 35.4 Å². The lowest BCUT2D eigenvalue weighted by Gasteiger charge is -2.29. The van der Waals surface area contributed by atoms with Crippen LogP contribution in [-0.2, 0) is 17.8 Å². The van der Waals surface area contributed by atoms with E-state index in [1.54, 1.807) is 0 Å². The van der Waals surface area contributed by atoms with Gasteiger partial charge in [-0.15, -0.1) is 0 Å². The predicted molar refractivity (Wildman–Crippen MR) is 115 cm³/mol. The van der Waals surface area contributed by atoms with Crippen LogP contribution in [0.2, 0.25) is 0 Å². The average Bonchev–Trinajstić information content (AvgIpc) is 3.15. The number of halogens is 3. The maximum Gasteiger partial charge on any atom is 0.401 e. The minimum Gasteiger partial charge on any atom is -0.357 e. The Balaban J connectivity index is 1.41. The molecule has 0 aromatic heterocycles. The molecule has 6 nitrogen and oxygen atoms in total. The topological polar surface area (TPSA) is 60.0 Å². The molecule has 1 unspecified atom stereocenters. The molecule has 0 spiro atoms. The van der Waals surface area contributed by atoms with E-state index in [9.17, 15) is 18.0 Å². The first-order valence-electron chi connectivity index (χ1n) is 11.0. The minimum atomic E-state index is -4.17. The van der Waals surface area contributed by atoms with Crippen molar-refractivity contribution in [3.8, 4) is 0 Å². The van der Waals surface area contributed by atoms with Crippen molar-refractivity contribution in [3.63, 3.8) is 0 Å². The molecule has 0 radical (unpaired) electrons. The number of alkyl halides is 3. The van der Waals surface area contributed by atoms with Gasteiger partial charge in [0.2, 0.25) is 5.91 Å². The Labute approximate surface area is 181 Å². The van der Waals surface area contributed by atoms with E-state index in [0.717, 1.165) is 13.0 Å². The van der Waals surface area contributed by atoms with E-state index in [1.807, 2.05) is 24.0 Å². The maximum atomic E-state index is 12.6. The molecule has 0 bridgehead atoms. The summed E-state index contributed by atoms with van der Waals surface area (Å²) in [5, 5.41) is 6.37. The summed E-state index contributed by atoms with van der Waals surface area (Å²) in [6.45, 7) is 4.41. The molecule has 3 rings (SSSR count). The van der Waals surface area contributed by atoms with Gasteiger partial charge in [0.25, 0.3) is 0 Å². The number of hydrogen-bond donors (Lipinski definition) is 2. The third-order valence-electron chi connectivity index (χ3n) is 5.66. The Hall–Kier alpha value is -2.29. The van der Waals surface area contributed by atoms with Crippen LogP contribution in [0.3, 0.4) is 0 Å². The molecule has 2 aliphatic heterocycles. The first-order valence-corrected chi connectivity index (χ1v) is 11.0. The molecule has 0 aliphatic carbocycles. The van der Waals surface area contributed by atoms with Crippen molar-refractivity contribution in [2.24, 2.45) is 4.99 Å². The molecule has 1 fully saturated rings. The summed E-state index contributed by atoms with van der Waals surface area (Å²) in [6, 6.07) is 8.17. The minimum absolute atomic E-state index is 0.0600. The number of guanidine groups is 1. The van der Waals surface area contributed by atoms with E-state index in [-0.39, 0.29) is 11.9 Å². The van der Waals surface area contributed by atoms with E-state index < -0.39 is 12.7 Å². The highest BCUT2D eigenvalue weighted by molar-refractivity contribution is 5.80. The maximum absolute atomic E-state index is 12.6. The molecule has 31 heavy (non-hydrogen) atoms. The van der Waals surface area contributed by atoms with Crippen LogP contribution in [0.15, 0.2) is 29.3 Å². The second-order valence-corrected chi connectivity index (χ2v) is 8.18. The Morgan fingerprint density at radius 3 is 2.74 bits per heavy atom. The normalized spacial score (nSPS) is 19.9. The molecule has 0 saturated carbocycles. The quantitative estimate of drug-likeness (QED) is 0.390. The standard InChI is InChI=1S/C22H32F3N5O/c1-2-26-21(28-19-10-12-29(15-19)16-22(23,24)25)27-11-5-8-20(31)30-13-9-17-6-3-4-7-18(17)14-30/h3-4,6-7,19H,2,5,8-16H2,1H3,(H2,26,27,28). The van der Waals surface area contributed by atoms with Crippen molar-refractivity contribution < 1.29 is 18.0 Å². The third-order valence-corrected chi connectivity index (χ3v) is 5.66. The van der Waals surface area contributed by atoms with E-state index in [4.69, 9.17) is 0 Å². The highest BCUT2D eigenvalue weighted by atomic mass is 19.4. The lowest BCUT2D eigenvalue weighted by atomic mass is 9.99. The van der Waals surface area contributed by atoms with Gasteiger partial charge in [0.05, 0.1) is 6.54 Å². The highest BCUT2D eigenvalue weighted by Gasteiger charge is 2.34. The summed E-state index contributed by atoms with van der Waals surface area (Å²) in [5.74, 6) is 0.738. The summed E-state index contributed by atoms with van der Waals surface area (Å²) in [6.07, 6.45) is -1.56. The second kappa shape index (κ2) is 10.8. The molecular formula is C22H32F3N5O. The van der Waals surface area contributed by atoms with Gasteiger partial charge in [-0.2, -0.15) is 13.2 Å². The molecule has 2 aliphatic rings. The summed E-state index contributed by atoms with van der Waals surface area (Å²) in [7, 11) is 0. The first-order chi connectivity index (χ1) is 14.8. The molecule has 172 valence electrons. The van der Waals surface area contributed by atoms with Crippen molar-refractivity contribution in [2.75, 3.05) is 39.3 Å². The van der Waals surface area contributed by atoms with E-state index in [0.29, 0.717) is 57.9 Å². The van der Waals surface area contributed by atoms with Crippen molar-refractivity contribution in [1.82, 2.24) is 20.4 Å². The molecule has 9 heteroatoms. The average molecular weight is 440 g/mol. The van der Waals surface area contributed by atoms with E-state index >= 15 is 0 Å². The van der Waals surface area contributed by atoms with Gasteiger partial charge in [-0.05, 0) is 37.3 Å². The highest BCUT2D eigenvalue weighted by Crippen LogP contribution is 2.20. The molecule has 1 aromatic carbocycles. The van der Waals surface area contributed by atoms with Crippen LogP contribution in [0.1, 0.15) is 37.3 Å². The van der Waals surface area contributed by atoms with Crippen LogP contribution in [0.4, 0.5) is 13.2 Å². The molecular weight excluding hydrogens is 407 g/mol. The largest absolute Gasteiger partial charge is 0.401 e. The fourth-order valence-electron chi connectivity index (χ4n) is 4.15. The Kier molecular flexibility index (Phi) is 8.17. The summed E-state index contributed by atoms with van der Waals surface area (Å²) in [4.78, 5) is 20.4.